The molecule has 2 N–H and O–H groups in total. The molecule has 5 nitrogen and oxygen atoms in total. The van der Waals surface area contributed by atoms with Crippen LogP contribution in [-0.2, 0) is 11.0 Å². The highest BCUT2D eigenvalue weighted by molar-refractivity contribution is 5.81. The van der Waals surface area contributed by atoms with Gasteiger partial charge in [0.05, 0.1) is 5.92 Å². The summed E-state index contributed by atoms with van der Waals surface area (Å²) in [7, 11) is 0. The number of aromatic nitrogens is 2. The maximum Gasteiger partial charge on any atom is 0.471 e. The van der Waals surface area contributed by atoms with Gasteiger partial charge >= 0.3 is 12.1 Å². The smallest absolute Gasteiger partial charge is 0.369 e. The number of carbonyl (C=O) groups excluding carboxylic acids is 1. The summed E-state index contributed by atoms with van der Waals surface area (Å²) in [5.41, 5.74) is 6.17. The molecule has 1 heterocycles. The minimum atomic E-state index is -4.67. The zero-order valence-electron chi connectivity index (χ0n) is 10.3. The fraction of sp³-hybridized carbons (Fsp3) is 0.250. The molecule has 0 fully saturated rings. The summed E-state index contributed by atoms with van der Waals surface area (Å²) in [5, 5.41) is 3.26. The molecule has 0 aliphatic carbocycles. The van der Waals surface area contributed by atoms with Gasteiger partial charge in [0.25, 0.3) is 0 Å². The molecule has 2 aromatic rings. The maximum atomic E-state index is 12.3. The summed E-state index contributed by atoms with van der Waals surface area (Å²) < 4.78 is 41.1. The van der Waals surface area contributed by atoms with E-state index < -0.39 is 23.9 Å². The van der Waals surface area contributed by atoms with E-state index in [1.54, 1.807) is 19.1 Å². The Kier molecular flexibility index (Phi) is 3.47. The average molecular weight is 285 g/mol. The zero-order chi connectivity index (χ0) is 14.9. The van der Waals surface area contributed by atoms with Gasteiger partial charge in [-0.15, -0.1) is 0 Å². The SMILES string of the molecule is CC(C(N)=O)c1ccc(-c2noc(C(F)(F)F)n2)cc1. The molecule has 0 bridgehead atoms. The first-order chi connectivity index (χ1) is 9.29. The normalized spacial score (nSPS) is 13.2. The molecule has 20 heavy (non-hydrogen) atoms. The maximum absolute atomic E-state index is 12.3. The third-order valence-electron chi connectivity index (χ3n) is 2.76. The predicted molar refractivity (Wildman–Crippen MR) is 62.3 cm³/mol. The largest absolute Gasteiger partial charge is 0.471 e. The summed E-state index contributed by atoms with van der Waals surface area (Å²) in [4.78, 5) is 14.3. The van der Waals surface area contributed by atoms with Crippen molar-refractivity contribution in [2.45, 2.75) is 19.0 Å². The Morgan fingerprint density at radius 1 is 1.30 bits per heavy atom. The molecule has 2 rings (SSSR count). The molecule has 1 atom stereocenters. The number of benzene rings is 1. The first-order valence-electron chi connectivity index (χ1n) is 5.59. The second kappa shape index (κ2) is 4.95. The van der Waals surface area contributed by atoms with Gasteiger partial charge in [0, 0.05) is 5.56 Å². The van der Waals surface area contributed by atoms with Gasteiger partial charge in [0.15, 0.2) is 0 Å². The lowest BCUT2D eigenvalue weighted by Crippen LogP contribution is -2.18. The lowest BCUT2D eigenvalue weighted by atomic mass is 9.99. The van der Waals surface area contributed by atoms with E-state index in [9.17, 15) is 18.0 Å². The van der Waals surface area contributed by atoms with Gasteiger partial charge in [-0.25, -0.2) is 0 Å². The van der Waals surface area contributed by atoms with E-state index in [-0.39, 0.29) is 5.82 Å². The van der Waals surface area contributed by atoms with Crippen LogP contribution >= 0.6 is 0 Å². The minimum Gasteiger partial charge on any atom is -0.369 e. The lowest BCUT2D eigenvalue weighted by molar-refractivity contribution is -0.159. The van der Waals surface area contributed by atoms with Crippen LogP contribution in [0.25, 0.3) is 11.4 Å². The second-order valence-electron chi connectivity index (χ2n) is 4.17. The number of hydrogen-bond donors (Lipinski definition) is 1. The van der Waals surface area contributed by atoms with E-state index in [0.717, 1.165) is 0 Å². The first kappa shape index (κ1) is 14.0. The Labute approximate surface area is 111 Å². The van der Waals surface area contributed by atoms with Gasteiger partial charge in [-0.1, -0.05) is 29.4 Å². The molecule has 1 unspecified atom stereocenters. The van der Waals surface area contributed by atoms with Gasteiger partial charge in [-0.3, -0.25) is 4.79 Å². The Hall–Kier alpha value is -2.38. The summed E-state index contributed by atoms with van der Waals surface area (Å²) in [5.74, 6) is -2.55. The molecule has 0 radical (unpaired) electrons. The number of hydrogen-bond acceptors (Lipinski definition) is 4. The fourth-order valence-electron chi connectivity index (χ4n) is 1.54. The topological polar surface area (TPSA) is 82.0 Å². The van der Waals surface area contributed by atoms with Crippen molar-refractivity contribution in [2.24, 2.45) is 5.73 Å². The molecule has 1 aromatic carbocycles. The molecule has 0 aliphatic rings. The van der Waals surface area contributed by atoms with Crippen molar-refractivity contribution < 1.29 is 22.5 Å². The third kappa shape index (κ3) is 2.79. The van der Waals surface area contributed by atoms with Crippen molar-refractivity contribution in [3.05, 3.63) is 35.7 Å². The van der Waals surface area contributed by atoms with Crippen LogP contribution in [-0.4, -0.2) is 16.0 Å². The molecule has 0 saturated carbocycles. The van der Waals surface area contributed by atoms with Gasteiger partial charge in [0.1, 0.15) is 0 Å². The highest BCUT2D eigenvalue weighted by Gasteiger charge is 2.38. The van der Waals surface area contributed by atoms with Crippen molar-refractivity contribution in [2.75, 3.05) is 0 Å². The standard InChI is InChI=1S/C12H10F3N3O2/c1-6(9(16)19)7-2-4-8(5-3-7)10-17-11(20-18-10)12(13,14)15/h2-6H,1H3,(H2,16,19). The highest BCUT2D eigenvalue weighted by atomic mass is 19.4. The number of alkyl halides is 3. The Balaban J connectivity index is 2.26. The van der Waals surface area contributed by atoms with Crippen LogP contribution in [0.15, 0.2) is 28.8 Å². The number of carbonyl (C=O) groups is 1. The second-order valence-corrected chi connectivity index (χ2v) is 4.17. The van der Waals surface area contributed by atoms with Crippen LogP contribution in [0.2, 0.25) is 0 Å². The van der Waals surface area contributed by atoms with E-state index in [4.69, 9.17) is 5.73 Å². The molecule has 1 aromatic heterocycles. The Bertz CT molecular complexity index is 620. The number of amides is 1. The molecule has 0 saturated heterocycles. The van der Waals surface area contributed by atoms with Crippen LogP contribution in [0.1, 0.15) is 24.3 Å². The molecule has 0 spiro atoms. The van der Waals surface area contributed by atoms with E-state index in [1.165, 1.54) is 12.1 Å². The molecular weight excluding hydrogens is 275 g/mol. The number of nitrogens with two attached hydrogens (primary N) is 1. The predicted octanol–water partition coefficient (Wildman–Crippen LogP) is 2.34. The van der Waals surface area contributed by atoms with Crippen LogP contribution in [0.3, 0.4) is 0 Å². The van der Waals surface area contributed by atoms with Crippen LogP contribution in [0.4, 0.5) is 13.2 Å². The summed E-state index contributed by atoms with van der Waals surface area (Å²) in [6.45, 7) is 1.63. The monoisotopic (exact) mass is 285 g/mol. The average Bonchev–Trinajstić information content (AvgIpc) is 2.87. The third-order valence-corrected chi connectivity index (χ3v) is 2.76. The van der Waals surface area contributed by atoms with Crippen molar-refractivity contribution in [1.82, 2.24) is 10.1 Å². The number of primary amides is 1. The van der Waals surface area contributed by atoms with E-state index in [2.05, 4.69) is 14.7 Å². The van der Waals surface area contributed by atoms with Crippen molar-refractivity contribution in [3.8, 4) is 11.4 Å². The summed E-state index contributed by atoms with van der Waals surface area (Å²) in [6, 6.07) is 6.16. The number of nitrogens with zero attached hydrogens (tertiary/aromatic N) is 2. The quantitative estimate of drug-likeness (QED) is 0.938. The fourth-order valence-corrected chi connectivity index (χ4v) is 1.54. The van der Waals surface area contributed by atoms with Gasteiger partial charge in [0.2, 0.25) is 11.7 Å². The van der Waals surface area contributed by atoms with Crippen LogP contribution < -0.4 is 5.73 Å². The number of rotatable bonds is 3. The van der Waals surface area contributed by atoms with Gasteiger partial charge in [-0.2, -0.15) is 18.2 Å². The summed E-state index contributed by atoms with van der Waals surface area (Å²) >= 11 is 0. The molecule has 106 valence electrons. The van der Waals surface area contributed by atoms with Crippen molar-refractivity contribution in [3.63, 3.8) is 0 Å². The molecule has 1 amide bonds. The van der Waals surface area contributed by atoms with Crippen LogP contribution in [0, 0.1) is 0 Å². The number of halogens is 3. The molecule has 8 heteroatoms. The highest BCUT2D eigenvalue weighted by Crippen LogP contribution is 2.29. The van der Waals surface area contributed by atoms with Gasteiger partial charge in [-0.05, 0) is 12.5 Å². The summed E-state index contributed by atoms with van der Waals surface area (Å²) in [6.07, 6.45) is -4.67. The lowest BCUT2D eigenvalue weighted by Gasteiger charge is -2.07. The van der Waals surface area contributed by atoms with Gasteiger partial charge < -0.3 is 10.3 Å². The van der Waals surface area contributed by atoms with E-state index in [0.29, 0.717) is 11.1 Å². The van der Waals surface area contributed by atoms with E-state index >= 15 is 0 Å². The molecule has 0 aliphatic heterocycles. The van der Waals surface area contributed by atoms with E-state index in [1.807, 2.05) is 0 Å². The first-order valence-corrected chi connectivity index (χ1v) is 5.59. The zero-order valence-corrected chi connectivity index (χ0v) is 10.3. The van der Waals surface area contributed by atoms with Crippen molar-refractivity contribution in [1.29, 1.82) is 0 Å². The Morgan fingerprint density at radius 2 is 1.90 bits per heavy atom. The Morgan fingerprint density at radius 3 is 2.35 bits per heavy atom. The minimum absolute atomic E-state index is 0.171. The molecular formula is C12H10F3N3O2. The van der Waals surface area contributed by atoms with Crippen molar-refractivity contribution >= 4 is 5.91 Å². The van der Waals surface area contributed by atoms with Crippen LogP contribution in [0.5, 0.6) is 0 Å².